The lowest BCUT2D eigenvalue weighted by atomic mass is 10.1. The van der Waals surface area contributed by atoms with Crippen LogP contribution in [-0.2, 0) is 11.3 Å². The molecule has 0 unspecified atom stereocenters. The maximum Gasteiger partial charge on any atom is 0.237 e. The van der Waals surface area contributed by atoms with E-state index < -0.39 is 0 Å². The number of nitrogens with one attached hydrogen (secondary N) is 1. The summed E-state index contributed by atoms with van der Waals surface area (Å²) in [5.74, 6) is 0.920. The van der Waals surface area contributed by atoms with Gasteiger partial charge in [0.1, 0.15) is 5.75 Å². The van der Waals surface area contributed by atoms with E-state index in [1.54, 1.807) is 18.4 Å². The van der Waals surface area contributed by atoms with Gasteiger partial charge in [-0.25, -0.2) is 0 Å². The summed E-state index contributed by atoms with van der Waals surface area (Å²) in [6, 6.07) is 12.3. The van der Waals surface area contributed by atoms with Crippen LogP contribution in [0.1, 0.15) is 36.2 Å². The molecule has 3 rings (SSSR count). The molecule has 2 aromatic rings. The number of hydrogen-bond donors (Lipinski definition) is 1. The van der Waals surface area contributed by atoms with E-state index >= 15 is 0 Å². The molecule has 5 heteroatoms. The first-order valence-electron chi connectivity index (χ1n) is 8.39. The molecule has 1 aromatic carbocycles. The number of likely N-dealkylation sites (tertiary alicyclic amines) is 1. The Morgan fingerprint density at radius 3 is 2.83 bits per heavy atom. The summed E-state index contributed by atoms with van der Waals surface area (Å²) in [5.41, 5.74) is 1.08. The Morgan fingerprint density at radius 2 is 2.17 bits per heavy atom. The molecule has 2 heterocycles. The third-order valence-corrected chi connectivity index (χ3v) is 5.64. The number of carbonyl (C=O) groups excluding carboxylic acids is 1. The number of methoxy groups -OCH3 is 1. The third-order valence-electron chi connectivity index (χ3n) is 4.67. The van der Waals surface area contributed by atoms with Gasteiger partial charge in [-0.3, -0.25) is 9.69 Å². The summed E-state index contributed by atoms with van der Waals surface area (Å²) in [5, 5.41) is 5.17. The Bertz CT molecular complexity index is 655. The van der Waals surface area contributed by atoms with Crippen LogP contribution >= 0.6 is 11.3 Å². The summed E-state index contributed by atoms with van der Waals surface area (Å²) in [6.45, 7) is 3.54. The van der Waals surface area contributed by atoms with Crippen LogP contribution in [0.25, 0.3) is 0 Å². The van der Waals surface area contributed by atoms with E-state index in [1.165, 1.54) is 4.88 Å². The van der Waals surface area contributed by atoms with Crippen LogP contribution in [0.2, 0.25) is 0 Å². The lowest BCUT2D eigenvalue weighted by Crippen LogP contribution is -2.44. The van der Waals surface area contributed by atoms with Crippen molar-refractivity contribution in [3.05, 3.63) is 52.2 Å². The number of benzene rings is 1. The van der Waals surface area contributed by atoms with E-state index in [4.69, 9.17) is 4.74 Å². The number of carbonyl (C=O) groups is 1. The smallest absolute Gasteiger partial charge is 0.237 e. The van der Waals surface area contributed by atoms with Gasteiger partial charge in [-0.1, -0.05) is 18.2 Å². The highest BCUT2D eigenvalue weighted by Gasteiger charge is 2.33. The van der Waals surface area contributed by atoms with Gasteiger partial charge in [-0.05, 0) is 55.5 Å². The van der Waals surface area contributed by atoms with E-state index in [2.05, 4.69) is 27.7 Å². The number of rotatable bonds is 6. The van der Waals surface area contributed by atoms with Crippen LogP contribution in [-0.4, -0.2) is 30.5 Å². The first-order valence-corrected chi connectivity index (χ1v) is 9.27. The van der Waals surface area contributed by atoms with Gasteiger partial charge < -0.3 is 10.1 Å². The molecule has 4 nitrogen and oxygen atoms in total. The monoisotopic (exact) mass is 344 g/mol. The second-order valence-electron chi connectivity index (χ2n) is 6.15. The average Bonchev–Trinajstić information content (AvgIpc) is 3.30. The second-order valence-corrected chi connectivity index (χ2v) is 7.13. The number of ether oxygens (including phenoxy) is 1. The fourth-order valence-electron chi connectivity index (χ4n) is 3.27. The highest BCUT2D eigenvalue weighted by atomic mass is 32.1. The molecule has 0 aliphatic carbocycles. The van der Waals surface area contributed by atoms with Crippen molar-refractivity contribution in [1.29, 1.82) is 0 Å². The average molecular weight is 344 g/mol. The summed E-state index contributed by atoms with van der Waals surface area (Å²) >= 11 is 1.78. The van der Waals surface area contributed by atoms with Crippen LogP contribution in [0.4, 0.5) is 0 Å². The normalized spacial score (nSPS) is 19.2. The molecule has 0 saturated carbocycles. The largest absolute Gasteiger partial charge is 0.497 e. The Morgan fingerprint density at radius 1 is 1.38 bits per heavy atom. The number of nitrogens with zero attached hydrogens (tertiary/aromatic N) is 1. The van der Waals surface area contributed by atoms with Gasteiger partial charge in [0.05, 0.1) is 13.2 Å². The summed E-state index contributed by atoms with van der Waals surface area (Å²) < 4.78 is 5.15. The molecule has 0 spiro atoms. The topological polar surface area (TPSA) is 41.6 Å². The molecule has 1 saturated heterocycles. The van der Waals surface area contributed by atoms with Gasteiger partial charge in [-0.15, -0.1) is 11.3 Å². The van der Waals surface area contributed by atoms with Crippen LogP contribution < -0.4 is 10.1 Å². The Kier molecular flexibility index (Phi) is 5.53. The van der Waals surface area contributed by atoms with E-state index in [9.17, 15) is 4.79 Å². The van der Waals surface area contributed by atoms with Crippen LogP contribution in [0, 0.1) is 0 Å². The minimum Gasteiger partial charge on any atom is -0.497 e. The van der Waals surface area contributed by atoms with Crippen molar-refractivity contribution in [2.24, 2.45) is 0 Å². The summed E-state index contributed by atoms with van der Waals surface area (Å²) in [6.07, 6.45) is 2.29. The first-order chi connectivity index (χ1) is 11.7. The van der Waals surface area contributed by atoms with Gasteiger partial charge in [0.25, 0.3) is 0 Å². The highest BCUT2D eigenvalue weighted by molar-refractivity contribution is 7.10. The fraction of sp³-hybridized carbons (Fsp3) is 0.421. The molecule has 2 atom stereocenters. The molecule has 1 aromatic heterocycles. The van der Waals surface area contributed by atoms with Crippen molar-refractivity contribution in [2.45, 2.75) is 38.4 Å². The lowest BCUT2D eigenvalue weighted by molar-refractivity contribution is -0.126. The fourth-order valence-corrected chi connectivity index (χ4v) is 4.15. The van der Waals surface area contributed by atoms with Gasteiger partial charge >= 0.3 is 0 Å². The lowest BCUT2D eigenvalue weighted by Gasteiger charge is -2.29. The van der Waals surface area contributed by atoms with Crippen LogP contribution in [0.15, 0.2) is 41.8 Å². The van der Waals surface area contributed by atoms with Gasteiger partial charge in [0.2, 0.25) is 5.91 Å². The molecular formula is C19H24N2O2S. The van der Waals surface area contributed by atoms with Gasteiger partial charge in [0.15, 0.2) is 0 Å². The minimum absolute atomic E-state index is 0.0919. The van der Waals surface area contributed by atoms with Crippen molar-refractivity contribution in [3.63, 3.8) is 0 Å². The van der Waals surface area contributed by atoms with Crippen molar-refractivity contribution < 1.29 is 9.53 Å². The van der Waals surface area contributed by atoms with Crippen molar-refractivity contribution in [2.75, 3.05) is 13.7 Å². The molecule has 1 aliphatic rings. The van der Waals surface area contributed by atoms with E-state index in [-0.39, 0.29) is 11.9 Å². The number of amides is 1. The van der Waals surface area contributed by atoms with E-state index in [1.807, 2.05) is 31.2 Å². The number of thiophene rings is 1. The molecule has 1 N–H and O–H groups in total. The maximum atomic E-state index is 12.6. The zero-order chi connectivity index (χ0) is 16.9. The Hall–Kier alpha value is -1.85. The minimum atomic E-state index is -0.113. The predicted octanol–water partition coefficient (Wildman–Crippen LogP) is 3.60. The van der Waals surface area contributed by atoms with E-state index in [0.29, 0.717) is 12.6 Å². The first kappa shape index (κ1) is 17.0. The zero-order valence-electron chi connectivity index (χ0n) is 14.2. The van der Waals surface area contributed by atoms with Gasteiger partial charge in [0, 0.05) is 17.5 Å². The molecule has 24 heavy (non-hydrogen) atoms. The summed E-state index contributed by atoms with van der Waals surface area (Å²) in [7, 11) is 1.65. The standard InChI is InChI=1S/C19H24N2O2S/c1-14(21-11-3-5-17(21)18-6-4-12-24-18)19(22)20-13-15-7-9-16(23-2)10-8-15/h4,6-10,12,14,17H,3,5,11,13H2,1-2H3,(H,20,22)/t14-,17+/m0/s1. The Balaban J connectivity index is 1.57. The third kappa shape index (κ3) is 3.79. The Labute approximate surface area is 147 Å². The quantitative estimate of drug-likeness (QED) is 0.870. The predicted molar refractivity (Wildman–Crippen MR) is 97.3 cm³/mol. The molecule has 0 bridgehead atoms. The molecule has 1 fully saturated rings. The summed E-state index contributed by atoms with van der Waals surface area (Å²) in [4.78, 5) is 16.3. The highest BCUT2D eigenvalue weighted by Crippen LogP contribution is 2.35. The molecular weight excluding hydrogens is 320 g/mol. The second kappa shape index (κ2) is 7.81. The molecule has 128 valence electrons. The van der Waals surface area contributed by atoms with Crippen molar-refractivity contribution in [3.8, 4) is 5.75 Å². The van der Waals surface area contributed by atoms with Crippen LogP contribution in [0.5, 0.6) is 5.75 Å². The zero-order valence-corrected chi connectivity index (χ0v) is 15.0. The van der Waals surface area contributed by atoms with Crippen LogP contribution in [0.3, 0.4) is 0 Å². The van der Waals surface area contributed by atoms with Crippen molar-refractivity contribution >= 4 is 17.2 Å². The number of hydrogen-bond acceptors (Lipinski definition) is 4. The molecule has 1 aliphatic heterocycles. The molecule has 0 radical (unpaired) electrons. The van der Waals surface area contributed by atoms with E-state index in [0.717, 1.165) is 30.7 Å². The maximum absolute atomic E-state index is 12.6. The van der Waals surface area contributed by atoms with Gasteiger partial charge in [-0.2, -0.15) is 0 Å². The SMILES string of the molecule is COc1ccc(CNC(=O)[C@H](C)N2CCC[C@@H]2c2cccs2)cc1. The van der Waals surface area contributed by atoms with Crippen molar-refractivity contribution in [1.82, 2.24) is 10.2 Å². The molecule has 1 amide bonds.